The summed E-state index contributed by atoms with van der Waals surface area (Å²) in [6.45, 7) is 0. The summed E-state index contributed by atoms with van der Waals surface area (Å²) in [5.41, 5.74) is 5.37. The number of phenolic OH excluding ortho intramolecular Hbond substituents is 1. The van der Waals surface area contributed by atoms with Crippen molar-refractivity contribution in [2.45, 2.75) is 0 Å². The number of benzene rings is 2. The number of amides is 1. The Morgan fingerprint density at radius 2 is 1.81 bits per heavy atom. The summed E-state index contributed by atoms with van der Waals surface area (Å²) in [7, 11) is 0. The van der Waals surface area contributed by atoms with Crippen molar-refractivity contribution in [2.24, 2.45) is 0 Å². The lowest BCUT2D eigenvalue weighted by atomic mass is 10.1. The maximum atomic E-state index is 12.9. The third-order valence-corrected chi connectivity index (χ3v) is 2.73. The number of phenols is 1. The van der Waals surface area contributed by atoms with Gasteiger partial charge in [0.1, 0.15) is 11.6 Å². The average molecular weight is 290 g/mol. The number of hydrogen-bond donors (Lipinski definition) is 4. The van der Waals surface area contributed by atoms with E-state index < -0.39 is 23.4 Å². The van der Waals surface area contributed by atoms with Crippen LogP contribution in [-0.4, -0.2) is 22.1 Å². The first-order chi connectivity index (χ1) is 9.88. The Bertz CT molecular complexity index is 731. The normalized spacial score (nSPS) is 10.1. The summed E-state index contributed by atoms with van der Waals surface area (Å²) < 4.78 is 12.9. The number of nitrogens with two attached hydrogens (primary N) is 1. The first kappa shape index (κ1) is 14.3. The van der Waals surface area contributed by atoms with Gasteiger partial charge >= 0.3 is 5.97 Å². The van der Waals surface area contributed by atoms with Gasteiger partial charge in [-0.15, -0.1) is 0 Å². The van der Waals surface area contributed by atoms with Gasteiger partial charge in [-0.2, -0.15) is 0 Å². The van der Waals surface area contributed by atoms with Crippen LogP contribution in [0.5, 0.6) is 5.75 Å². The predicted molar refractivity (Wildman–Crippen MR) is 73.8 cm³/mol. The van der Waals surface area contributed by atoms with Gasteiger partial charge in [0.25, 0.3) is 5.91 Å². The number of carbonyl (C=O) groups is 2. The van der Waals surface area contributed by atoms with E-state index >= 15 is 0 Å². The second-order valence-corrected chi connectivity index (χ2v) is 4.23. The molecule has 0 fully saturated rings. The highest BCUT2D eigenvalue weighted by molar-refractivity contribution is 6.09. The molecule has 0 aliphatic rings. The molecule has 7 heteroatoms. The quantitative estimate of drug-likeness (QED) is 0.646. The van der Waals surface area contributed by atoms with Gasteiger partial charge in [-0.25, -0.2) is 9.18 Å². The molecule has 5 N–H and O–H groups in total. The van der Waals surface area contributed by atoms with Gasteiger partial charge in [-0.05, 0) is 30.3 Å². The Morgan fingerprint density at radius 1 is 1.10 bits per heavy atom. The van der Waals surface area contributed by atoms with Crippen LogP contribution in [0.25, 0.3) is 0 Å². The van der Waals surface area contributed by atoms with Gasteiger partial charge in [0.05, 0.1) is 16.8 Å². The summed E-state index contributed by atoms with van der Waals surface area (Å²) in [4.78, 5) is 23.1. The Kier molecular flexibility index (Phi) is 3.75. The molecule has 0 aliphatic carbocycles. The van der Waals surface area contributed by atoms with E-state index in [4.69, 9.17) is 10.8 Å². The molecule has 2 aromatic rings. The first-order valence-corrected chi connectivity index (χ1v) is 5.81. The number of carboxylic acid groups (broad SMARTS) is 1. The maximum absolute atomic E-state index is 12.9. The number of halogens is 1. The molecule has 0 bridgehead atoms. The minimum atomic E-state index is -1.26. The molecule has 0 spiro atoms. The second-order valence-electron chi connectivity index (χ2n) is 4.23. The molecule has 0 heterocycles. The Labute approximate surface area is 118 Å². The molecule has 21 heavy (non-hydrogen) atoms. The van der Waals surface area contributed by atoms with Crippen LogP contribution in [0.3, 0.4) is 0 Å². The van der Waals surface area contributed by atoms with Crippen LogP contribution in [0.1, 0.15) is 20.7 Å². The van der Waals surface area contributed by atoms with Crippen molar-refractivity contribution < 1.29 is 24.2 Å². The highest BCUT2D eigenvalue weighted by Gasteiger charge is 2.16. The molecule has 0 unspecified atom stereocenters. The number of aromatic carboxylic acids is 1. The third kappa shape index (κ3) is 3.08. The van der Waals surface area contributed by atoms with Crippen molar-refractivity contribution in [3.8, 4) is 5.75 Å². The largest absolute Gasteiger partial charge is 0.507 e. The zero-order chi connectivity index (χ0) is 15.6. The van der Waals surface area contributed by atoms with Crippen LogP contribution < -0.4 is 11.1 Å². The van der Waals surface area contributed by atoms with Gasteiger partial charge in [-0.3, -0.25) is 4.79 Å². The third-order valence-electron chi connectivity index (χ3n) is 2.73. The number of anilines is 2. The average Bonchev–Trinajstić information content (AvgIpc) is 2.40. The van der Waals surface area contributed by atoms with Crippen LogP contribution in [0.2, 0.25) is 0 Å². The molecule has 0 saturated heterocycles. The lowest BCUT2D eigenvalue weighted by molar-refractivity contribution is 0.0698. The molecule has 0 atom stereocenters. The molecule has 0 saturated carbocycles. The van der Waals surface area contributed by atoms with E-state index in [9.17, 15) is 19.1 Å². The highest BCUT2D eigenvalue weighted by Crippen LogP contribution is 2.23. The summed E-state index contributed by atoms with van der Waals surface area (Å²) in [5, 5.41) is 20.9. The van der Waals surface area contributed by atoms with Crippen molar-refractivity contribution in [3.05, 3.63) is 53.3 Å². The number of aromatic hydroxyl groups is 1. The summed E-state index contributed by atoms with van der Waals surface area (Å²) in [6.07, 6.45) is 0. The topological polar surface area (TPSA) is 113 Å². The first-order valence-electron chi connectivity index (χ1n) is 5.81. The van der Waals surface area contributed by atoms with Crippen molar-refractivity contribution >= 4 is 23.3 Å². The maximum Gasteiger partial charge on any atom is 0.337 e. The number of nitrogens with one attached hydrogen (secondary N) is 1. The van der Waals surface area contributed by atoms with Crippen LogP contribution in [0.4, 0.5) is 15.8 Å². The molecule has 0 radical (unpaired) electrons. The van der Waals surface area contributed by atoms with Gasteiger partial charge < -0.3 is 21.3 Å². The molecule has 0 aromatic heterocycles. The summed E-state index contributed by atoms with van der Waals surface area (Å²) in [5.74, 6) is -3.26. The van der Waals surface area contributed by atoms with E-state index in [1.807, 2.05) is 0 Å². The molecular formula is C14H11FN2O4. The minimum absolute atomic E-state index is 0.0189. The molecule has 2 rings (SSSR count). The van der Waals surface area contributed by atoms with Crippen molar-refractivity contribution in [1.82, 2.24) is 0 Å². The lowest BCUT2D eigenvalue weighted by Gasteiger charge is -2.10. The van der Waals surface area contributed by atoms with Gasteiger partial charge in [0.15, 0.2) is 0 Å². The van der Waals surface area contributed by atoms with Gasteiger partial charge in [0.2, 0.25) is 0 Å². The van der Waals surface area contributed by atoms with E-state index in [2.05, 4.69) is 5.32 Å². The zero-order valence-corrected chi connectivity index (χ0v) is 10.6. The van der Waals surface area contributed by atoms with Crippen molar-refractivity contribution in [1.29, 1.82) is 0 Å². The molecule has 1 amide bonds. The summed E-state index contributed by atoms with van der Waals surface area (Å²) >= 11 is 0. The highest BCUT2D eigenvalue weighted by atomic mass is 19.1. The fourth-order valence-corrected chi connectivity index (χ4v) is 1.73. The van der Waals surface area contributed by atoms with Crippen LogP contribution >= 0.6 is 0 Å². The fourth-order valence-electron chi connectivity index (χ4n) is 1.73. The Hall–Kier alpha value is -3.09. The molecule has 108 valence electrons. The second kappa shape index (κ2) is 5.49. The smallest absolute Gasteiger partial charge is 0.337 e. The monoisotopic (exact) mass is 290 g/mol. The van der Waals surface area contributed by atoms with E-state index in [-0.39, 0.29) is 22.5 Å². The predicted octanol–water partition coefficient (Wildman–Crippen LogP) is 2.06. The van der Waals surface area contributed by atoms with Crippen LogP contribution in [-0.2, 0) is 0 Å². The van der Waals surface area contributed by atoms with E-state index in [1.165, 1.54) is 18.2 Å². The molecular weight excluding hydrogens is 279 g/mol. The van der Waals surface area contributed by atoms with Gasteiger partial charge in [0, 0.05) is 11.8 Å². The molecule has 2 aromatic carbocycles. The fraction of sp³-hybridized carbons (Fsp3) is 0. The number of carbonyl (C=O) groups excluding carboxylic acids is 1. The number of hydrogen-bond acceptors (Lipinski definition) is 4. The van der Waals surface area contributed by atoms with Gasteiger partial charge in [-0.1, -0.05) is 0 Å². The van der Waals surface area contributed by atoms with E-state index in [0.29, 0.717) is 0 Å². The van der Waals surface area contributed by atoms with Crippen LogP contribution in [0.15, 0.2) is 36.4 Å². The van der Waals surface area contributed by atoms with Crippen molar-refractivity contribution in [2.75, 3.05) is 11.1 Å². The number of carboxylic acids is 1. The Balaban J connectivity index is 2.34. The lowest BCUT2D eigenvalue weighted by Crippen LogP contribution is -2.15. The minimum Gasteiger partial charge on any atom is -0.507 e. The van der Waals surface area contributed by atoms with E-state index in [0.717, 1.165) is 18.2 Å². The zero-order valence-electron chi connectivity index (χ0n) is 10.6. The molecule has 0 aliphatic heterocycles. The standard InChI is InChI=1S/C14H11FN2O4/c15-7-1-3-9(12(18)5-7)13(19)17-11-4-2-8(16)6-10(11)14(20)21/h1-6,18H,16H2,(H,17,19)(H,20,21). The molecule has 6 nitrogen and oxygen atoms in total. The van der Waals surface area contributed by atoms with Crippen molar-refractivity contribution in [3.63, 3.8) is 0 Å². The summed E-state index contributed by atoms with van der Waals surface area (Å²) in [6, 6.07) is 6.84. The van der Waals surface area contributed by atoms with E-state index in [1.54, 1.807) is 0 Å². The Morgan fingerprint density at radius 3 is 2.43 bits per heavy atom. The SMILES string of the molecule is Nc1ccc(NC(=O)c2ccc(F)cc2O)c(C(=O)O)c1. The number of rotatable bonds is 3. The van der Waals surface area contributed by atoms with Crippen LogP contribution in [0, 0.1) is 5.82 Å². The number of nitrogen functional groups attached to an aromatic ring is 1.